The van der Waals surface area contributed by atoms with Crippen LogP contribution in [0.3, 0.4) is 0 Å². The fraction of sp³-hybridized carbons (Fsp3) is 0.588. The zero-order valence-electron chi connectivity index (χ0n) is 12.2. The zero-order valence-corrected chi connectivity index (χ0v) is 13.8. The number of ether oxygens (including phenoxy) is 1. The van der Waals surface area contributed by atoms with Crippen LogP contribution in [0, 0.1) is 29.2 Å². The maximum Gasteiger partial charge on any atom is 0.179 e. The topological polar surface area (TPSA) is 36.3 Å². The average Bonchev–Trinajstić information content (AvgIpc) is 3.29. The highest BCUT2D eigenvalue weighted by atomic mass is 79.9. The molecule has 1 aliphatic carbocycles. The highest BCUT2D eigenvalue weighted by Gasteiger charge is 2.43. The fourth-order valence-corrected chi connectivity index (χ4v) is 3.64. The van der Waals surface area contributed by atoms with Crippen molar-refractivity contribution in [2.75, 3.05) is 19.7 Å². The van der Waals surface area contributed by atoms with E-state index in [0.29, 0.717) is 6.61 Å². The molecule has 0 bridgehead atoms. The molecule has 0 amide bonds. The summed E-state index contributed by atoms with van der Waals surface area (Å²) in [6.07, 6.45) is 5.94. The van der Waals surface area contributed by atoms with Crippen molar-refractivity contribution < 1.29 is 4.74 Å². The summed E-state index contributed by atoms with van der Waals surface area (Å²) in [6.45, 7) is 3.50. The van der Waals surface area contributed by atoms with Gasteiger partial charge in [0.15, 0.2) is 6.19 Å². The summed E-state index contributed by atoms with van der Waals surface area (Å²) >= 11 is 3.44. The second-order valence-corrected chi connectivity index (χ2v) is 7.14. The second-order valence-electron chi connectivity index (χ2n) is 6.23. The Morgan fingerprint density at radius 1 is 1.24 bits per heavy atom. The second kappa shape index (κ2) is 6.81. The number of nitriles is 1. The molecule has 2 atom stereocenters. The van der Waals surface area contributed by atoms with Gasteiger partial charge in [0, 0.05) is 17.6 Å². The van der Waals surface area contributed by atoms with Crippen molar-refractivity contribution in [3.05, 3.63) is 34.3 Å². The molecular formula is C17H21BrN2O. The van der Waals surface area contributed by atoms with Gasteiger partial charge in [0.1, 0.15) is 0 Å². The van der Waals surface area contributed by atoms with Crippen LogP contribution >= 0.6 is 15.9 Å². The van der Waals surface area contributed by atoms with Crippen LogP contribution in [0.2, 0.25) is 0 Å². The highest BCUT2D eigenvalue weighted by Crippen LogP contribution is 2.48. The Labute approximate surface area is 135 Å². The van der Waals surface area contributed by atoms with Crippen molar-refractivity contribution in [3.63, 3.8) is 0 Å². The van der Waals surface area contributed by atoms with Crippen LogP contribution in [-0.2, 0) is 11.3 Å². The molecule has 2 fully saturated rings. The van der Waals surface area contributed by atoms with Crippen molar-refractivity contribution in [1.29, 1.82) is 5.26 Å². The largest absolute Gasteiger partial charge is 0.376 e. The number of nitrogens with zero attached hydrogens (tertiary/aromatic N) is 2. The van der Waals surface area contributed by atoms with Gasteiger partial charge in [-0.05, 0) is 54.7 Å². The third-order valence-electron chi connectivity index (χ3n) is 4.78. The highest BCUT2D eigenvalue weighted by molar-refractivity contribution is 9.10. The Bertz CT molecular complexity index is 503. The first-order valence-corrected chi connectivity index (χ1v) is 8.52. The number of hydrogen-bond acceptors (Lipinski definition) is 3. The van der Waals surface area contributed by atoms with Gasteiger partial charge >= 0.3 is 0 Å². The molecule has 1 saturated carbocycles. The van der Waals surface area contributed by atoms with Gasteiger partial charge in [-0.1, -0.05) is 28.1 Å². The minimum absolute atomic E-state index is 0.712. The van der Waals surface area contributed by atoms with Crippen molar-refractivity contribution in [3.8, 4) is 6.19 Å². The molecule has 3 rings (SSSR count). The Kier molecular flexibility index (Phi) is 4.82. The van der Waals surface area contributed by atoms with E-state index >= 15 is 0 Å². The molecule has 0 N–H and O–H groups in total. The molecule has 4 heteroatoms. The van der Waals surface area contributed by atoms with E-state index in [4.69, 9.17) is 10.00 Å². The summed E-state index contributed by atoms with van der Waals surface area (Å²) in [6, 6.07) is 8.32. The van der Waals surface area contributed by atoms with E-state index in [-0.39, 0.29) is 0 Å². The van der Waals surface area contributed by atoms with Gasteiger partial charge in [0.25, 0.3) is 0 Å². The van der Waals surface area contributed by atoms with Crippen LogP contribution in [0.15, 0.2) is 28.7 Å². The fourth-order valence-electron chi connectivity index (χ4n) is 3.38. The number of rotatable bonds is 5. The summed E-state index contributed by atoms with van der Waals surface area (Å²) in [5.41, 5.74) is 1.23. The predicted molar refractivity (Wildman–Crippen MR) is 85.3 cm³/mol. The lowest BCUT2D eigenvalue weighted by atomic mass is 9.91. The Morgan fingerprint density at radius 3 is 2.62 bits per heavy atom. The smallest absolute Gasteiger partial charge is 0.179 e. The van der Waals surface area contributed by atoms with E-state index in [2.05, 4.69) is 46.4 Å². The van der Waals surface area contributed by atoms with Crippen molar-refractivity contribution in [2.45, 2.75) is 25.9 Å². The minimum Gasteiger partial charge on any atom is -0.376 e. The Morgan fingerprint density at radius 2 is 1.95 bits per heavy atom. The van der Waals surface area contributed by atoms with E-state index in [1.54, 1.807) is 0 Å². The molecule has 1 saturated heterocycles. The summed E-state index contributed by atoms with van der Waals surface area (Å²) < 4.78 is 6.98. The van der Waals surface area contributed by atoms with Crippen molar-refractivity contribution in [1.82, 2.24) is 4.90 Å². The minimum atomic E-state index is 0.712. The van der Waals surface area contributed by atoms with E-state index in [1.807, 2.05) is 4.90 Å². The van der Waals surface area contributed by atoms with Gasteiger partial charge in [0.2, 0.25) is 0 Å². The summed E-state index contributed by atoms with van der Waals surface area (Å²) in [5.74, 6) is 2.41. The quantitative estimate of drug-likeness (QED) is 0.759. The lowest BCUT2D eigenvalue weighted by molar-refractivity contribution is 0.102. The van der Waals surface area contributed by atoms with Crippen LogP contribution in [0.5, 0.6) is 0 Å². The number of likely N-dealkylation sites (tertiary alicyclic amines) is 1. The first-order chi connectivity index (χ1) is 10.3. The molecule has 1 aliphatic heterocycles. The lowest BCUT2D eigenvalue weighted by Gasteiger charge is -2.28. The number of piperidine rings is 1. The molecule has 0 aromatic heterocycles. The van der Waals surface area contributed by atoms with Crippen molar-refractivity contribution >= 4 is 15.9 Å². The third-order valence-corrected chi connectivity index (χ3v) is 5.31. The van der Waals surface area contributed by atoms with Gasteiger partial charge in [-0.2, -0.15) is 5.26 Å². The molecule has 3 nitrogen and oxygen atoms in total. The molecule has 21 heavy (non-hydrogen) atoms. The van der Waals surface area contributed by atoms with E-state index in [0.717, 1.165) is 41.9 Å². The van der Waals surface area contributed by atoms with Gasteiger partial charge in [-0.25, -0.2) is 0 Å². The van der Waals surface area contributed by atoms with E-state index in [9.17, 15) is 0 Å². The third kappa shape index (κ3) is 3.99. The molecule has 1 aromatic carbocycles. The zero-order chi connectivity index (χ0) is 14.7. The predicted octanol–water partition coefficient (Wildman–Crippen LogP) is 3.79. The molecule has 112 valence electrons. The number of hydrogen-bond donors (Lipinski definition) is 0. The van der Waals surface area contributed by atoms with Gasteiger partial charge in [-0.3, -0.25) is 0 Å². The average molecular weight is 349 g/mol. The maximum absolute atomic E-state index is 8.88. The van der Waals surface area contributed by atoms with Crippen LogP contribution in [0.4, 0.5) is 0 Å². The molecule has 2 aliphatic rings. The molecule has 1 aromatic rings. The van der Waals surface area contributed by atoms with E-state index < -0.39 is 0 Å². The van der Waals surface area contributed by atoms with Crippen LogP contribution in [-0.4, -0.2) is 24.6 Å². The molecular weight excluding hydrogens is 328 g/mol. The molecule has 0 spiro atoms. The normalized spacial score (nSPS) is 25.6. The van der Waals surface area contributed by atoms with Gasteiger partial charge in [-0.15, -0.1) is 0 Å². The SMILES string of the molecule is N#CN1CCC(C2CC2COCc2ccc(Br)cc2)CC1. The maximum atomic E-state index is 8.88. The van der Waals surface area contributed by atoms with E-state index in [1.165, 1.54) is 24.8 Å². The van der Waals surface area contributed by atoms with Crippen LogP contribution < -0.4 is 0 Å². The van der Waals surface area contributed by atoms with Crippen molar-refractivity contribution in [2.24, 2.45) is 17.8 Å². The standard InChI is InChI=1S/C17H21BrN2O/c18-16-3-1-13(2-4-16)10-21-11-15-9-17(15)14-5-7-20(12-19)8-6-14/h1-4,14-15,17H,5-11H2. The Hall–Kier alpha value is -1.05. The monoisotopic (exact) mass is 348 g/mol. The number of benzene rings is 1. The molecule has 1 heterocycles. The number of halogens is 1. The summed E-state index contributed by atoms with van der Waals surface area (Å²) in [7, 11) is 0. The van der Waals surface area contributed by atoms with Gasteiger partial charge < -0.3 is 9.64 Å². The van der Waals surface area contributed by atoms with Crippen LogP contribution in [0.25, 0.3) is 0 Å². The molecule has 0 radical (unpaired) electrons. The van der Waals surface area contributed by atoms with Gasteiger partial charge in [0.05, 0.1) is 13.2 Å². The Balaban J connectivity index is 1.35. The van der Waals surface area contributed by atoms with Crippen LogP contribution in [0.1, 0.15) is 24.8 Å². The molecule has 2 unspecified atom stereocenters. The summed E-state index contributed by atoms with van der Waals surface area (Å²) in [5, 5.41) is 8.88. The lowest BCUT2D eigenvalue weighted by Crippen LogP contribution is -2.30. The summed E-state index contributed by atoms with van der Waals surface area (Å²) in [4.78, 5) is 1.89. The first kappa shape index (κ1) is 14.9. The first-order valence-electron chi connectivity index (χ1n) is 7.73.